The van der Waals surface area contributed by atoms with E-state index in [0.29, 0.717) is 30.8 Å². The van der Waals surface area contributed by atoms with Crippen LogP contribution in [0.2, 0.25) is 0 Å². The summed E-state index contributed by atoms with van der Waals surface area (Å²) in [7, 11) is 0. The van der Waals surface area contributed by atoms with E-state index in [-0.39, 0.29) is 17.2 Å². The van der Waals surface area contributed by atoms with Gasteiger partial charge in [-0.15, -0.1) is 0 Å². The number of nitrogens with one attached hydrogen (secondary N) is 1. The number of hydrogen-bond acceptors (Lipinski definition) is 3. The molecule has 5 nitrogen and oxygen atoms in total. The molecule has 5 heteroatoms. The molecule has 0 unspecified atom stereocenters. The van der Waals surface area contributed by atoms with Crippen LogP contribution in [0.15, 0.2) is 65.8 Å². The van der Waals surface area contributed by atoms with Gasteiger partial charge in [0, 0.05) is 24.8 Å². The zero-order valence-electron chi connectivity index (χ0n) is 14.5. The molecule has 1 saturated carbocycles. The lowest BCUT2D eigenvalue weighted by atomic mass is 9.96. The van der Waals surface area contributed by atoms with Crippen molar-refractivity contribution < 1.29 is 9.59 Å². The van der Waals surface area contributed by atoms with Crippen molar-refractivity contribution in [1.82, 2.24) is 5.32 Å². The highest BCUT2D eigenvalue weighted by atomic mass is 16.2. The van der Waals surface area contributed by atoms with Gasteiger partial charge < -0.3 is 5.32 Å². The summed E-state index contributed by atoms with van der Waals surface area (Å²) in [6, 6.07) is 19.5. The van der Waals surface area contributed by atoms with Crippen LogP contribution in [0.3, 0.4) is 0 Å². The van der Waals surface area contributed by atoms with Crippen molar-refractivity contribution in [3.8, 4) is 0 Å². The molecule has 1 heterocycles. The first-order valence-electron chi connectivity index (χ1n) is 8.97. The lowest BCUT2D eigenvalue weighted by molar-refractivity contribution is -0.119. The Bertz CT molecular complexity index is 842. The second-order valence-electron chi connectivity index (χ2n) is 6.92. The van der Waals surface area contributed by atoms with E-state index < -0.39 is 0 Å². The molecule has 2 aromatic carbocycles. The lowest BCUT2D eigenvalue weighted by Crippen LogP contribution is -2.41. The Morgan fingerprint density at radius 3 is 2.31 bits per heavy atom. The minimum atomic E-state index is -0.180. The van der Waals surface area contributed by atoms with E-state index in [0.717, 1.165) is 12.8 Å². The average molecular weight is 347 g/mol. The lowest BCUT2D eigenvalue weighted by Gasteiger charge is -2.23. The van der Waals surface area contributed by atoms with Gasteiger partial charge in [0.25, 0.3) is 5.91 Å². The van der Waals surface area contributed by atoms with Crippen molar-refractivity contribution in [3.63, 3.8) is 0 Å². The van der Waals surface area contributed by atoms with Crippen molar-refractivity contribution in [2.45, 2.75) is 31.1 Å². The minimum Gasteiger partial charge on any atom is -0.350 e. The number of nitrogens with zero attached hydrogens (tertiary/aromatic N) is 2. The molecule has 0 bridgehead atoms. The van der Waals surface area contributed by atoms with Gasteiger partial charge in [0.1, 0.15) is 5.71 Å². The summed E-state index contributed by atoms with van der Waals surface area (Å²) in [6.07, 6.45) is 2.84. The van der Waals surface area contributed by atoms with Gasteiger partial charge >= 0.3 is 0 Å². The summed E-state index contributed by atoms with van der Waals surface area (Å²) in [6.45, 7) is 0.605. The second kappa shape index (κ2) is 6.75. The Morgan fingerprint density at radius 2 is 1.65 bits per heavy atom. The fourth-order valence-corrected chi connectivity index (χ4v) is 3.35. The van der Waals surface area contributed by atoms with Gasteiger partial charge in [-0.2, -0.15) is 5.10 Å². The summed E-state index contributed by atoms with van der Waals surface area (Å²) in [5, 5.41) is 8.68. The highest BCUT2D eigenvalue weighted by Crippen LogP contribution is 2.47. The smallest absolute Gasteiger partial charge is 0.267 e. The minimum absolute atomic E-state index is 0.0566. The fourth-order valence-electron chi connectivity index (χ4n) is 3.35. The van der Waals surface area contributed by atoms with E-state index in [4.69, 9.17) is 0 Å². The van der Waals surface area contributed by atoms with Crippen LogP contribution in [0, 0.1) is 0 Å². The molecule has 1 N–H and O–H groups in total. The number of hydrazone groups is 1. The first kappa shape index (κ1) is 16.5. The van der Waals surface area contributed by atoms with Crippen LogP contribution in [-0.4, -0.2) is 24.1 Å². The molecule has 1 fully saturated rings. The molecule has 0 radical (unpaired) electrons. The van der Waals surface area contributed by atoms with E-state index in [9.17, 15) is 9.59 Å². The van der Waals surface area contributed by atoms with Crippen LogP contribution in [0.5, 0.6) is 0 Å². The van der Waals surface area contributed by atoms with Crippen molar-refractivity contribution in [2.24, 2.45) is 5.10 Å². The summed E-state index contributed by atoms with van der Waals surface area (Å²) in [4.78, 5) is 24.8. The summed E-state index contributed by atoms with van der Waals surface area (Å²) >= 11 is 0. The number of carbonyl (C=O) groups is 2. The third-order valence-corrected chi connectivity index (χ3v) is 5.12. The van der Waals surface area contributed by atoms with Crippen molar-refractivity contribution in [1.29, 1.82) is 0 Å². The Hall–Kier alpha value is -2.95. The molecule has 1 aliphatic carbocycles. The molecule has 132 valence electrons. The van der Waals surface area contributed by atoms with Crippen LogP contribution in [-0.2, 0) is 15.0 Å². The van der Waals surface area contributed by atoms with Gasteiger partial charge in [-0.3, -0.25) is 9.59 Å². The quantitative estimate of drug-likeness (QED) is 0.904. The molecule has 2 aromatic rings. The van der Waals surface area contributed by atoms with Crippen LogP contribution in [0.4, 0.5) is 5.69 Å². The third kappa shape index (κ3) is 3.25. The van der Waals surface area contributed by atoms with E-state index in [1.165, 1.54) is 10.6 Å². The normalized spacial score (nSPS) is 18.2. The number of hydrogen-bond donors (Lipinski definition) is 1. The first-order valence-corrected chi connectivity index (χ1v) is 8.97. The Morgan fingerprint density at radius 1 is 1.00 bits per heavy atom. The molecular weight excluding hydrogens is 326 g/mol. The van der Waals surface area contributed by atoms with E-state index in [1.54, 1.807) is 0 Å². The molecule has 4 rings (SSSR count). The van der Waals surface area contributed by atoms with E-state index >= 15 is 0 Å². The summed E-state index contributed by atoms with van der Waals surface area (Å²) < 4.78 is 0. The Labute approximate surface area is 152 Å². The molecule has 0 spiro atoms. The highest BCUT2D eigenvalue weighted by molar-refractivity contribution is 6.40. The number of amides is 2. The molecule has 1 aliphatic heterocycles. The maximum Gasteiger partial charge on any atom is 0.267 e. The molecule has 2 aliphatic rings. The largest absolute Gasteiger partial charge is 0.350 e. The highest BCUT2D eigenvalue weighted by Gasteiger charge is 2.44. The van der Waals surface area contributed by atoms with Crippen molar-refractivity contribution in [3.05, 3.63) is 66.2 Å². The number of carbonyl (C=O) groups excluding carboxylic acids is 2. The monoisotopic (exact) mass is 347 g/mol. The number of para-hydroxylation sites is 1. The fraction of sp³-hybridized carbons (Fsp3) is 0.286. The van der Waals surface area contributed by atoms with Gasteiger partial charge in [0.15, 0.2) is 0 Å². The molecule has 26 heavy (non-hydrogen) atoms. The van der Waals surface area contributed by atoms with Crippen LogP contribution in [0.1, 0.15) is 31.2 Å². The number of anilines is 1. The average Bonchev–Trinajstić information content (AvgIpc) is 3.49. The Kier molecular flexibility index (Phi) is 4.29. The zero-order chi connectivity index (χ0) is 18.0. The Balaban J connectivity index is 1.46. The molecular formula is C21H21N3O2. The number of benzene rings is 2. The van der Waals surface area contributed by atoms with Crippen LogP contribution in [0.25, 0.3) is 0 Å². The standard InChI is InChI=1S/C21H21N3O2/c25-19-12-11-18(23-24(19)17-9-5-2-6-10-17)20(26)22-15-21(13-14-21)16-7-3-1-4-8-16/h1-10H,11-15H2,(H,22,26). The molecule has 0 saturated heterocycles. The maximum absolute atomic E-state index is 12.6. The topological polar surface area (TPSA) is 61.8 Å². The van der Waals surface area contributed by atoms with Gasteiger partial charge in [-0.05, 0) is 30.5 Å². The van der Waals surface area contributed by atoms with Crippen molar-refractivity contribution in [2.75, 3.05) is 11.6 Å². The predicted molar refractivity (Wildman–Crippen MR) is 101 cm³/mol. The van der Waals surface area contributed by atoms with Gasteiger partial charge in [-0.25, -0.2) is 5.01 Å². The molecule has 0 aromatic heterocycles. The SMILES string of the molecule is O=C(NCC1(c2ccccc2)CC1)C1=NN(c2ccccc2)C(=O)CC1. The number of rotatable bonds is 5. The van der Waals surface area contributed by atoms with E-state index in [1.807, 2.05) is 48.5 Å². The summed E-state index contributed by atoms with van der Waals surface area (Å²) in [5.41, 5.74) is 2.43. The van der Waals surface area contributed by atoms with Crippen molar-refractivity contribution >= 4 is 23.2 Å². The molecule has 2 amide bonds. The zero-order valence-corrected chi connectivity index (χ0v) is 14.5. The maximum atomic E-state index is 12.6. The van der Waals surface area contributed by atoms with Crippen LogP contribution >= 0.6 is 0 Å². The van der Waals surface area contributed by atoms with E-state index in [2.05, 4.69) is 22.6 Å². The first-order chi connectivity index (χ1) is 12.7. The predicted octanol–water partition coefficient (Wildman–Crippen LogP) is 3.02. The summed E-state index contributed by atoms with van der Waals surface area (Å²) in [5.74, 6) is -0.267. The van der Waals surface area contributed by atoms with Crippen LogP contribution < -0.4 is 10.3 Å². The second-order valence-corrected chi connectivity index (χ2v) is 6.92. The third-order valence-electron chi connectivity index (χ3n) is 5.12. The van der Waals surface area contributed by atoms with Gasteiger partial charge in [0.2, 0.25) is 5.91 Å². The van der Waals surface area contributed by atoms with Gasteiger partial charge in [-0.1, -0.05) is 48.5 Å². The molecule has 0 atom stereocenters. The van der Waals surface area contributed by atoms with Gasteiger partial charge in [0.05, 0.1) is 5.69 Å².